The number of nitrogens with zero attached hydrogens (tertiary/aromatic N) is 5. The summed E-state index contributed by atoms with van der Waals surface area (Å²) < 4.78 is 1.81. The Balaban J connectivity index is 0.00000131. The van der Waals surface area contributed by atoms with Crippen molar-refractivity contribution in [2.45, 2.75) is 5.92 Å². The molecule has 0 aromatic carbocycles. The first-order chi connectivity index (χ1) is 12.2. The van der Waals surface area contributed by atoms with Crippen molar-refractivity contribution in [3.05, 3.63) is 42.4 Å². The van der Waals surface area contributed by atoms with Crippen molar-refractivity contribution >= 4 is 36.5 Å². The van der Waals surface area contributed by atoms with Crippen LogP contribution < -0.4 is 10.2 Å². The molecule has 2 aromatic rings. The van der Waals surface area contributed by atoms with Crippen molar-refractivity contribution < 1.29 is 4.79 Å². The Kier molecular flexibility index (Phi) is 7.47. The quantitative estimate of drug-likeness (QED) is 0.822. The van der Waals surface area contributed by atoms with Crippen LogP contribution in [-0.2, 0) is 11.8 Å². The van der Waals surface area contributed by atoms with E-state index in [1.165, 1.54) is 0 Å². The molecule has 2 fully saturated rings. The molecule has 2 aliphatic heterocycles. The van der Waals surface area contributed by atoms with E-state index < -0.39 is 0 Å². The van der Waals surface area contributed by atoms with Gasteiger partial charge in [-0.2, -0.15) is 5.10 Å². The van der Waals surface area contributed by atoms with E-state index in [0.717, 1.165) is 50.6 Å². The zero-order chi connectivity index (χ0) is 17.2. The van der Waals surface area contributed by atoms with Crippen LogP contribution in [0.2, 0.25) is 0 Å². The number of carbonyl (C=O) groups excluding carboxylic acids is 1. The molecule has 148 valence electrons. The molecule has 0 unspecified atom stereocenters. The Hall–Kier alpha value is -1.83. The molecule has 1 N–H and O–H groups in total. The molecule has 2 saturated heterocycles. The van der Waals surface area contributed by atoms with E-state index in [1.807, 2.05) is 48.7 Å². The van der Waals surface area contributed by atoms with Gasteiger partial charge in [0.25, 0.3) is 0 Å². The smallest absolute Gasteiger partial charge is 0.227 e. The van der Waals surface area contributed by atoms with Crippen LogP contribution in [0.4, 0.5) is 5.82 Å². The van der Waals surface area contributed by atoms with Gasteiger partial charge in [0.1, 0.15) is 5.82 Å². The first-order valence-corrected chi connectivity index (χ1v) is 8.86. The van der Waals surface area contributed by atoms with Gasteiger partial charge in [0.15, 0.2) is 0 Å². The van der Waals surface area contributed by atoms with Crippen LogP contribution >= 0.6 is 24.8 Å². The Morgan fingerprint density at radius 3 is 2.56 bits per heavy atom. The number of amides is 1. The molecule has 1 amide bonds. The Bertz CT molecular complexity index is 732. The summed E-state index contributed by atoms with van der Waals surface area (Å²) in [6.45, 7) is 4.77. The van der Waals surface area contributed by atoms with Crippen molar-refractivity contribution in [3.63, 3.8) is 0 Å². The standard InChI is InChI=1S/C18H24N6O.2ClH/c1-22-13-14(10-21-22)15-11-19-12-16(15)18(25)24-8-6-23(7-9-24)17-4-2-3-5-20-17;;/h2-5,10,13,15-16,19H,6-9,11-12H2,1H3;2*1H/t15-,16+;;/m1../s1. The van der Waals surface area contributed by atoms with Gasteiger partial charge in [-0.05, 0) is 17.7 Å². The maximum Gasteiger partial charge on any atom is 0.227 e. The fourth-order valence-electron chi connectivity index (χ4n) is 3.85. The van der Waals surface area contributed by atoms with Crippen LogP contribution in [0.1, 0.15) is 11.5 Å². The highest BCUT2D eigenvalue weighted by Crippen LogP contribution is 2.29. The van der Waals surface area contributed by atoms with Gasteiger partial charge < -0.3 is 15.1 Å². The molecule has 7 nitrogen and oxygen atoms in total. The number of hydrogen-bond acceptors (Lipinski definition) is 5. The highest BCUT2D eigenvalue weighted by Gasteiger charge is 2.37. The highest BCUT2D eigenvalue weighted by atomic mass is 35.5. The number of anilines is 1. The van der Waals surface area contributed by atoms with E-state index in [4.69, 9.17) is 0 Å². The van der Waals surface area contributed by atoms with Crippen LogP contribution in [-0.4, -0.2) is 64.8 Å². The topological polar surface area (TPSA) is 66.3 Å². The Labute approximate surface area is 171 Å². The summed E-state index contributed by atoms with van der Waals surface area (Å²) in [7, 11) is 1.92. The molecule has 4 heterocycles. The van der Waals surface area contributed by atoms with Gasteiger partial charge >= 0.3 is 0 Å². The van der Waals surface area contributed by atoms with E-state index in [9.17, 15) is 4.79 Å². The van der Waals surface area contributed by atoms with Gasteiger partial charge in [0.05, 0.1) is 12.1 Å². The van der Waals surface area contributed by atoms with Gasteiger partial charge in [0.2, 0.25) is 5.91 Å². The third-order valence-electron chi connectivity index (χ3n) is 5.25. The molecule has 0 saturated carbocycles. The molecule has 27 heavy (non-hydrogen) atoms. The maximum atomic E-state index is 13.1. The molecular formula is C18H26Cl2N6O. The monoisotopic (exact) mass is 412 g/mol. The summed E-state index contributed by atoms with van der Waals surface area (Å²) in [5.74, 6) is 1.48. The van der Waals surface area contributed by atoms with Crippen molar-refractivity contribution in [1.29, 1.82) is 0 Å². The molecule has 2 aliphatic rings. The van der Waals surface area contributed by atoms with Crippen molar-refractivity contribution in [2.75, 3.05) is 44.2 Å². The zero-order valence-corrected chi connectivity index (χ0v) is 17.0. The van der Waals surface area contributed by atoms with Crippen molar-refractivity contribution in [3.8, 4) is 0 Å². The summed E-state index contributed by atoms with van der Waals surface area (Å²) in [6.07, 6.45) is 5.73. The predicted molar refractivity (Wildman–Crippen MR) is 110 cm³/mol. The lowest BCUT2D eigenvalue weighted by Crippen LogP contribution is -2.51. The lowest BCUT2D eigenvalue weighted by atomic mass is 9.89. The fraction of sp³-hybridized carbons (Fsp3) is 0.500. The van der Waals surface area contributed by atoms with Crippen LogP contribution in [0.5, 0.6) is 0 Å². The second kappa shape index (κ2) is 9.39. The SMILES string of the molecule is Cl.Cl.Cn1cc([C@H]2CNC[C@@H]2C(=O)N2CCN(c3ccccn3)CC2)cn1. The van der Waals surface area contributed by atoms with Crippen LogP contribution in [0, 0.1) is 5.92 Å². The molecule has 0 spiro atoms. The van der Waals surface area contributed by atoms with Gasteiger partial charge in [-0.3, -0.25) is 9.48 Å². The number of aryl methyl sites for hydroxylation is 1. The minimum absolute atomic E-state index is 0. The molecule has 2 aromatic heterocycles. The average Bonchev–Trinajstić information content (AvgIpc) is 3.31. The van der Waals surface area contributed by atoms with Crippen molar-refractivity contribution in [1.82, 2.24) is 25.0 Å². The number of hydrogen-bond donors (Lipinski definition) is 1. The number of aromatic nitrogens is 3. The maximum absolute atomic E-state index is 13.1. The minimum atomic E-state index is 0. The summed E-state index contributed by atoms with van der Waals surface area (Å²) >= 11 is 0. The van der Waals surface area contributed by atoms with E-state index in [1.54, 1.807) is 4.68 Å². The number of halogens is 2. The summed E-state index contributed by atoms with van der Waals surface area (Å²) in [6, 6.07) is 5.95. The molecule has 0 aliphatic carbocycles. The van der Waals surface area contributed by atoms with Crippen molar-refractivity contribution in [2.24, 2.45) is 13.0 Å². The number of piperazine rings is 1. The zero-order valence-electron chi connectivity index (χ0n) is 15.3. The average molecular weight is 413 g/mol. The third-order valence-corrected chi connectivity index (χ3v) is 5.25. The lowest BCUT2D eigenvalue weighted by molar-refractivity contribution is -0.135. The molecule has 4 rings (SSSR count). The van der Waals surface area contributed by atoms with Crippen LogP contribution in [0.3, 0.4) is 0 Å². The van der Waals surface area contributed by atoms with E-state index >= 15 is 0 Å². The van der Waals surface area contributed by atoms with E-state index in [-0.39, 0.29) is 42.6 Å². The molecule has 0 radical (unpaired) electrons. The second-order valence-corrected chi connectivity index (χ2v) is 6.82. The minimum Gasteiger partial charge on any atom is -0.353 e. The molecule has 0 bridgehead atoms. The Morgan fingerprint density at radius 2 is 1.93 bits per heavy atom. The van der Waals surface area contributed by atoms with E-state index in [0.29, 0.717) is 0 Å². The Morgan fingerprint density at radius 1 is 1.15 bits per heavy atom. The molecule has 2 atom stereocenters. The predicted octanol–water partition coefficient (Wildman–Crippen LogP) is 1.31. The summed E-state index contributed by atoms with van der Waals surface area (Å²) in [4.78, 5) is 21.7. The fourth-order valence-corrected chi connectivity index (χ4v) is 3.85. The van der Waals surface area contributed by atoms with Gasteiger partial charge in [-0.15, -0.1) is 24.8 Å². The largest absolute Gasteiger partial charge is 0.353 e. The number of pyridine rings is 1. The summed E-state index contributed by atoms with van der Waals surface area (Å²) in [5, 5.41) is 7.64. The third kappa shape index (κ3) is 4.54. The summed E-state index contributed by atoms with van der Waals surface area (Å²) in [5.41, 5.74) is 1.15. The number of carbonyl (C=O) groups is 1. The lowest BCUT2D eigenvalue weighted by Gasteiger charge is -2.37. The van der Waals surface area contributed by atoms with Gasteiger partial charge in [-0.1, -0.05) is 6.07 Å². The number of rotatable bonds is 3. The molecule has 9 heteroatoms. The normalized spacial score (nSPS) is 22.1. The molecular weight excluding hydrogens is 387 g/mol. The van der Waals surface area contributed by atoms with Crippen LogP contribution in [0.25, 0.3) is 0 Å². The van der Waals surface area contributed by atoms with Gasteiger partial charge in [0, 0.05) is 64.6 Å². The van der Waals surface area contributed by atoms with Gasteiger partial charge in [-0.25, -0.2) is 4.98 Å². The van der Waals surface area contributed by atoms with Crippen LogP contribution in [0.15, 0.2) is 36.8 Å². The first kappa shape index (κ1) is 21.5. The first-order valence-electron chi connectivity index (χ1n) is 8.86. The number of nitrogens with one attached hydrogen (secondary N) is 1. The van der Waals surface area contributed by atoms with E-state index in [2.05, 4.69) is 20.3 Å². The highest BCUT2D eigenvalue weighted by molar-refractivity contribution is 5.85. The second-order valence-electron chi connectivity index (χ2n) is 6.82.